The van der Waals surface area contributed by atoms with Gasteiger partial charge in [0.05, 0.1) is 6.54 Å². The van der Waals surface area contributed by atoms with Crippen molar-refractivity contribution in [3.8, 4) is 0 Å². The van der Waals surface area contributed by atoms with Gasteiger partial charge in [0.25, 0.3) is 0 Å². The summed E-state index contributed by atoms with van der Waals surface area (Å²) in [5.74, 6) is -0.572. The Labute approximate surface area is 34.9 Å². The molecule has 0 unspecified atom stereocenters. The van der Waals surface area contributed by atoms with Gasteiger partial charge in [-0.05, 0) is 0 Å². The maximum absolute atomic E-state index is 9.60. The quantitative estimate of drug-likeness (QED) is 0.359. The van der Waals surface area contributed by atoms with Crippen LogP contribution in [0, 0.1) is 0 Å². The van der Waals surface area contributed by atoms with Gasteiger partial charge in [0.2, 0.25) is 5.91 Å². The second-order valence-corrected chi connectivity index (χ2v) is 0.801. The van der Waals surface area contributed by atoms with Gasteiger partial charge in [-0.15, -0.1) is 0 Å². The maximum Gasteiger partial charge on any atom is 0.233 e. The van der Waals surface area contributed by atoms with Gasteiger partial charge in [-0.1, -0.05) is 0 Å². The largest absolute Gasteiger partial charge is 0.368 e. The van der Waals surface area contributed by atoms with E-state index in [1.54, 1.807) is 5.48 Å². The summed E-state index contributed by atoms with van der Waals surface area (Å²) < 4.78 is 0. The Morgan fingerprint density at radius 1 is 2.00 bits per heavy atom. The zero-order chi connectivity index (χ0) is 4.99. The van der Waals surface area contributed by atoms with Crippen molar-refractivity contribution in [3.63, 3.8) is 0 Å². The number of nitrogens with two attached hydrogens (primary N) is 1. The highest BCUT2D eigenvalue weighted by molar-refractivity contribution is 5.75. The van der Waals surface area contributed by atoms with E-state index in [2.05, 4.69) is 5.73 Å². The van der Waals surface area contributed by atoms with Crippen LogP contribution in [0.5, 0.6) is 0 Å². The van der Waals surface area contributed by atoms with E-state index in [0.717, 1.165) is 0 Å². The van der Waals surface area contributed by atoms with Crippen LogP contribution >= 0.6 is 0 Å². The first-order valence-corrected chi connectivity index (χ1v) is 1.42. The van der Waals surface area contributed by atoms with Gasteiger partial charge in [0.15, 0.2) is 0 Å². The fourth-order valence-corrected chi connectivity index (χ4v) is 0.0779. The standard InChI is InChI=1S/C2H6N2O2/c3-2(5)1-4-6/h4,6H,1H2,(H2,3,5). The molecule has 4 heteroatoms. The van der Waals surface area contributed by atoms with E-state index in [0.29, 0.717) is 0 Å². The molecule has 4 nitrogen and oxygen atoms in total. The van der Waals surface area contributed by atoms with E-state index in [-0.39, 0.29) is 6.54 Å². The number of hydrogen-bond donors (Lipinski definition) is 3. The van der Waals surface area contributed by atoms with E-state index < -0.39 is 5.91 Å². The SMILES string of the molecule is NC(=O)CNO. The third-order valence-corrected chi connectivity index (χ3v) is 0.253. The predicted molar refractivity (Wildman–Crippen MR) is 19.0 cm³/mol. The average Bonchev–Trinajstić information content (AvgIpc) is 1.35. The Bertz CT molecular complexity index is 53.5. The molecular formula is C2H6N2O2. The second-order valence-electron chi connectivity index (χ2n) is 0.801. The van der Waals surface area contributed by atoms with E-state index in [1.165, 1.54) is 0 Å². The molecule has 0 fully saturated rings. The van der Waals surface area contributed by atoms with Gasteiger partial charge in [-0.2, -0.15) is 5.48 Å². The van der Waals surface area contributed by atoms with E-state index in [1.807, 2.05) is 0 Å². The van der Waals surface area contributed by atoms with Crippen LogP contribution in [0.2, 0.25) is 0 Å². The number of hydrogen-bond acceptors (Lipinski definition) is 3. The van der Waals surface area contributed by atoms with E-state index in [9.17, 15) is 4.79 Å². The third-order valence-electron chi connectivity index (χ3n) is 0.253. The summed E-state index contributed by atoms with van der Waals surface area (Å²) in [6.45, 7) is -0.181. The lowest BCUT2D eigenvalue weighted by Crippen LogP contribution is -2.25. The van der Waals surface area contributed by atoms with Crippen LogP contribution in [0.4, 0.5) is 0 Å². The lowest BCUT2D eigenvalue weighted by atomic mass is 10.7. The van der Waals surface area contributed by atoms with E-state index >= 15 is 0 Å². The summed E-state index contributed by atoms with van der Waals surface area (Å²) in [4.78, 5) is 9.60. The molecule has 0 atom stereocenters. The second kappa shape index (κ2) is 2.62. The van der Waals surface area contributed by atoms with Gasteiger partial charge in [0.1, 0.15) is 0 Å². The molecule has 0 aromatic carbocycles. The minimum Gasteiger partial charge on any atom is -0.368 e. The minimum absolute atomic E-state index is 0.181. The van der Waals surface area contributed by atoms with Crippen LogP contribution in [-0.4, -0.2) is 17.7 Å². The van der Waals surface area contributed by atoms with Crippen LogP contribution in [0.3, 0.4) is 0 Å². The molecule has 0 saturated carbocycles. The number of nitrogens with one attached hydrogen (secondary N) is 1. The molecule has 0 aromatic heterocycles. The van der Waals surface area contributed by atoms with Crippen LogP contribution in [-0.2, 0) is 4.79 Å². The fourth-order valence-electron chi connectivity index (χ4n) is 0.0779. The summed E-state index contributed by atoms with van der Waals surface area (Å²) in [6, 6.07) is 0. The fraction of sp³-hybridized carbons (Fsp3) is 0.500. The first-order chi connectivity index (χ1) is 2.77. The molecule has 0 heterocycles. The normalized spacial score (nSPS) is 8.17. The van der Waals surface area contributed by atoms with Gasteiger partial charge < -0.3 is 10.9 Å². The van der Waals surface area contributed by atoms with Crippen LogP contribution in [0.15, 0.2) is 0 Å². The Hall–Kier alpha value is -0.610. The van der Waals surface area contributed by atoms with Crippen molar-refractivity contribution < 1.29 is 10.0 Å². The molecule has 0 aromatic rings. The van der Waals surface area contributed by atoms with Crippen molar-refractivity contribution in [1.82, 2.24) is 5.48 Å². The molecular weight excluding hydrogens is 84.0 g/mol. The van der Waals surface area contributed by atoms with Crippen molar-refractivity contribution in [1.29, 1.82) is 0 Å². The number of primary amides is 1. The molecule has 0 aliphatic carbocycles. The zero-order valence-corrected chi connectivity index (χ0v) is 3.14. The lowest BCUT2D eigenvalue weighted by Gasteiger charge is -1.84. The smallest absolute Gasteiger partial charge is 0.233 e. The summed E-state index contributed by atoms with van der Waals surface area (Å²) >= 11 is 0. The number of carbonyl (C=O) groups is 1. The lowest BCUT2D eigenvalue weighted by molar-refractivity contribution is -0.118. The number of amides is 1. The number of rotatable bonds is 2. The molecule has 0 saturated heterocycles. The van der Waals surface area contributed by atoms with Crippen molar-refractivity contribution in [2.24, 2.45) is 5.73 Å². The Morgan fingerprint density at radius 2 is 2.50 bits per heavy atom. The minimum atomic E-state index is -0.572. The summed E-state index contributed by atoms with van der Waals surface area (Å²) in [5.41, 5.74) is 6.13. The first kappa shape index (κ1) is 5.39. The molecule has 1 amide bonds. The van der Waals surface area contributed by atoms with Crippen LogP contribution in [0.25, 0.3) is 0 Å². The molecule has 36 valence electrons. The van der Waals surface area contributed by atoms with Crippen molar-refractivity contribution in [2.45, 2.75) is 0 Å². The predicted octanol–water partition coefficient (Wildman–Crippen LogP) is -1.55. The van der Waals surface area contributed by atoms with Crippen molar-refractivity contribution in [3.05, 3.63) is 0 Å². The van der Waals surface area contributed by atoms with E-state index in [4.69, 9.17) is 5.21 Å². The van der Waals surface area contributed by atoms with Crippen molar-refractivity contribution in [2.75, 3.05) is 6.54 Å². The summed E-state index contributed by atoms with van der Waals surface area (Å²) in [5, 5.41) is 7.69. The first-order valence-electron chi connectivity index (χ1n) is 1.42. The molecule has 4 N–H and O–H groups in total. The molecule has 0 spiro atoms. The zero-order valence-electron chi connectivity index (χ0n) is 3.14. The molecule has 0 rings (SSSR count). The average molecular weight is 90.1 g/mol. The topological polar surface area (TPSA) is 75.4 Å². The van der Waals surface area contributed by atoms with Crippen LogP contribution < -0.4 is 11.2 Å². The Balaban J connectivity index is 2.83. The number of carbonyl (C=O) groups excluding carboxylic acids is 1. The Kier molecular flexibility index (Phi) is 2.35. The highest BCUT2D eigenvalue weighted by atomic mass is 16.5. The number of hydroxylamine groups is 1. The van der Waals surface area contributed by atoms with Gasteiger partial charge in [-0.3, -0.25) is 4.79 Å². The molecule has 0 aliphatic heterocycles. The summed E-state index contributed by atoms with van der Waals surface area (Å²) in [6.07, 6.45) is 0. The monoisotopic (exact) mass is 90.0 g/mol. The molecule has 0 bridgehead atoms. The molecule has 0 aliphatic rings. The highest BCUT2D eigenvalue weighted by Crippen LogP contribution is 1.44. The van der Waals surface area contributed by atoms with Gasteiger partial charge in [-0.25, -0.2) is 0 Å². The maximum atomic E-state index is 9.60. The highest BCUT2D eigenvalue weighted by Gasteiger charge is 1.84. The van der Waals surface area contributed by atoms with Crippen LogP contribution in [0.1, 0.15) is 0 Å². The molecule has 6 heavy (non-hydrogen) atoms. The molecule has 0 radical (unpaired) electrons. The summed E-state index contributed by atoms with van der Waals surface area (Å²) in [7, 11) is 0. The Morgan fingerprint density at radius 3 is 2.50 bits per heavy atom. The van der Waals surface area contributed by atoms with Gasteiger partial charge >= 0.3 is 0 Å². The third kappa shape index (κ3) is 3.39. The van der Waals surface area contributed by atoms with Gasteiger partial charge in [0, 0.05) is 0 Å². The van der Waals surface area contributed by atoms with Crippen molar-refractivity contribution >= 4 is 5.91 Å².